The van der Waals surface area contributed by atoms with Gasteiger partial charge in [-0.05, 0) is 25.3 Å². The van der Waals surface area contributed by atoms with Gasteiger partial charge >= 0.3 is 0 Å². The van der Waals surface area contributed by atoms with Crippen molar-refractivity contribution in [1.82, 2.24) is 19.9 Å². The molecule has 1 aliphatic heterocycles. The van der Waals surface area contributed by atoms with Gasteiger partial charge in [0.25, 0.3) is 5.91 Å². The molecule has 2 atom stereocenters. The van der Waals surface area contributed by atoms with Crippen molar-refractivity contribution in [2.75, 3.05) is 30.8 Å². The fourth-order valence-electron chi connectivity index (χ4n) is 4.66. The van der Waals surface area contributed by atoms with Gasteiger partial charge < -0.3 is 26.8 Å². The number of amides is 2. The molecule has 1 saturated heterocycles. The Hall–Kier alpha value is -3.40. The van der Waals surface area contributed by atoms with Gasteiger partial charge in [-0.3, -0.25) is 14.2 Å². The van der Waals surface area contributed by atoms with Crippen molar-refractivity contribution in [3.63, 3.8) is 0 Å². The van der Waals surface area contributed by atoms with E-state index in [0.29, 0.717) is 42.9 Å². The fourth-order valence-corrected chi connectivity index (χ4v) is 4.66. The smallest absolute Gasteiger partial charge is 0.254 e. The molecule has 0 spiro atoms. The number of anilines is 2. The van der Waals surface area contributed by atoms with Crippen LogP contribution >= 0.6 is 0 Å². The van der Waals surface area contributed by atoms with Crippen LogP contribution in [0.3, 0.4) is 0 Å². The third-order valence-electron chi connectivity index (χ3n) is 6.50. The van der Waals surface area contributed by atoms with E-state index in [0.717, 1.165) is 11.3 Å². The minimum atomic E-state index is -0.686. The first-order valence-corrected chi connectivity index (χ1v) is 10.7. The fraction of sp³-hybridized carbons (Fsp3) is 0.455. The summed E-state index contributed by atoms with van der Waals surface area (Å²) >= 11 is 0. The average Bonchev–Trinajstić information content (AvgIpc) is 3.07. The van der Waals surface area contributed by atoms with Crippen molar-refractivity contribution in [3.8, 4) is 0 Å². The van der Waals surface area contributed by atoms with Crippen LogP contribution < -0.4 is 21.7 Å². The van der Waals surface area contributed by atoms with Crippen LogP contribution in [0.5, 0.6) is 0 Å². The second kappa shape index (κ2) is 8.27. The van der Waals surface area contributed by atoms with Crippen molar-refractivity contribution in [1.29, 1.82) is 0 Å². The van der Waals surface area contributed by atoms with Crippen molar-refractivity contribution in [2.45, 2.75) is 32.8 Å². The van der Waals surface area contributed by atoms with E-state index >= 15 is 0 Å². The number of aliphatic hydroxyl groups is 1. The number of nitrogens with two attached hydrogens (primary N) is 2. The first kappa shape index (κ1) is 21.8. The number of aromatic nitrogens is 3. The maximum absolute atomic E-state index is 12.3. The second-order valence-electron chi connectivity index (χ2n) is 8.44. The number of carbonyl (C=O) groups is 2. The standard InChI is InChI=1S/C22H29N7O3/c1-11-4-5-14(30)12(2)18(11)29-19(23)16(20(24)31)17-21(29)26-10-15(27-17)28-8-6-13(7-9-28)22(32)25-3/h4-5,10,12-14,30H,6-9,23H2,1-3H3,(H2,24,31)(H,25,32)/t12-,14-/m1/s1. The molecule has 2 aromatic heterocycles. The Morgan fingerprint density at radius 1 is 1.28 bits per heavy atom. The van der Waals surface area contributed by atoms with Gasteiger partial charge in [-0.2, -0.15) is 0 Å². The number of piperidine rings is 1. The Balaban J connectivity index is 1.78. The first-order chi connectivity index (χ1) is 15.2. The van der Waals surface area contributed by atoms with Crippen LogP contribution in [-0.2, 0) is 4.79 Å². The summed E-state index contributed by atoms with van der Waals surface area (Å²) < 4.78 is 1.68. The Kier molecular flexibility index (Phi) is 5.64. The third-order valence-corrected chi connectivity index (χ3v) is 6.50. The monoisotopic (exact) mass is 439 g/mol. The Morgan fingerprint density at radius 3 is 2.59 bits per heavy atom. The van der Waals surface area contributed by atoms with Gasteiger partial charge in [-0.25, -0.2) is 9.97 Å². The van der Waals surface area contributed by atoms with Gasteiger partial charge in [0.2, 0.25) is 5.91 Å². The van der Waals surface area contributed by atoms with E-state index in [9.17, 15) is 14.7 Å². The number of aliphatic hydroxyl groups excluding tert-OH is 1. The van der Waals surface area contributed by atoms with Crippen molar-refractivity contribution >= 4 is 40.3 Å². The maximum Gasteiger partial charge on any atom is 0.254 e. The molecule has 3 heterocycles. The van der Waals surface area contributed by atoms with Crippen LogP contribution in [-0.4, -0.2) is 57.7 Å². The molecule has 10 nitrogen and oxygen atoms in total. The molecular formula is C22H29N7O3. The van der Waals surface area contributed by atoms with Gasteiger partial charge in [-0.15, -0.1) is 0 Å². The van der Waals surface area contributed by atoms with E-state index in [4.69, 9.17) is 16.5 Å². The summed E-state index contributed by atoms with van der Waals surface area (Å²) in [4.78, 5) is 35.6. The van der Waals surface area contributed by atoms with Gasteiger partial charge in [-0.1, -0.05) is 19.1 Å². The van der Waals surface area contributed by atoms with Crippen molar-refractivity contribution < 1.29 is 14.7 Å². The molecule has 4 rings (SSSR count). The summed E-state index contributed by atoms with van der Waals surface area (Å²) in [5, 5.41) is 13.1. The number of rotatable bonds is 4. The molecule has 0 radical (unpaired) electrons. The minimum absolute atomic E-state index is 0.0203. The second-order valence-corrected chi connectivity index (χ2v) is 8.44. The zero-order valence-corrected chi connectivity index (χ0v) is 18.5. The lowest BCUT2D eigenvalue weighted by molar-refractivity contribution is -0.125. The average molecular weight is 440 g/mol. The lowest BCUT2D eigenvalue weighted by Gasteiger charge is -2.31. The van der Waals surface area contributed by atoms with Gasteiger partial charge in [0.1, 0.15) is 22.7 Å². The third kappa shape index (κ3) is 3.50. The Labute approximate surface area is 186 Å². The van der Waals surface area contributed by atoms with E-state index in [1.807, 2.05) is 24.8 Å². The van der Waals surface area contributed by atoms with Crippen LogP contribution in [0.15, 0.2) is 23.9 Å². The topological polar surface area (TPSA) is 152 Å². The predicted octanol–water partition coefficient (Wildman–Crippen LogP) is 0.873. The zero-order valence-electron chi connectivity index (χ0n) is 18.5. The lowest BCUT2D eigenvalue weighted by Crippen LogP contribution is -2.40. The van der Waals surface area contributed by atoms with Gasteiger partial charge in [0.15, 0.2) is 5.65 Å². The number of hydrogen-bond acceptors (Lipinski definition) is 7. The molecule has 2 aromatic rings. The van der Waals surface area contributed by atoms with E-state index < -0.39 is 12.0 Å². The Bertz CT molecular complexity index is 1140. The van der Waals surface area contributed by atoms with E-state index in [1.165, 1.54) is 0 Å². The molecule has 2 amide bonds. The predicted molar refractivity (Wildman–Crippen MR) is 123 cm³/mol. The highest BCUT2D eigenvalue weighted by Crippen LogP contribution is 2.37. The summed E-state index contributed by atoms with van der Waals surface area (Å²) in [6.07, 6.45) is 5.94. The highest BCUT2D eigenvalue weighted by atomic mass is 16.3. The zero-order chi connectivity index (χ0) is 23.2. The lowest BCUT2D eigenvalue weighted by atomic mass is 9.91. The molecule has 1 fully saturated rings. The SMILES string of the molecule is CNC(=O)C1CCN(c2cnc3c(n2)c(C(N)=O)c(N)n3C2=C(C)C=C[C@@H](O)[C@H]2C)CC1. The molecule has 32 heavy (non-hydrogen) atoms. The summed E-state index contributed by atoms with van der Waals surface area (Å²) in [7, 11) is 1.65. The van der Waals surface area contributed by atoms with Crippen molar-refractivity contribution in [3.05, 3.63) is 29.5 Å². The van der Waals surface area contributed by atoms with E-state index in [2.05, 4.69) is 10.3 Å². The molecule has 2 aliphatic rings. The number of nitrogen functional groups attached to an aromatic ring is 1. The van der Waals surface area contributed by atoms with E-state index in [-0.39, 0.29) is 29.1 Å². The van der Waals surface area contributed by atoms with Crippen LogP contribution in [0.2, 0.25) is 0 Å². The highest BCUT2D eigenvalue weighted by molar-refractivity contribution is 6.10. The number of primary amides is 1. The summed E-state index contributed by atoms with van der Waals surface area (Å²) in [5.74, 6) is -0.152. The Morgan fingerprint density at radius 2 is 1.97 bits per heavy atom. The molecule has 0 unspecified atom stereocenters. The van der Waals surface area contributed by atoms with Crippen LogP contribution in [0, 0.1) is 11.8 Å². The molecule has 0 bridgehead atoms. The normalized spacial score (nSPS) is 21.9. The number of hydrogen-bond donors (Lipinski definition) is 4. The van der Waals surface area contributed by atoms with Crippen LogP contribution in [0.25, 0.3) is 16.9 Å². The van der Waals surface area contributed by atoms with Gasteiger partial charge in [0, 0.05) is 37.7 Å². The highest BCUT2D eigenvalue weighted by Gasteiger charge is 2.31. The molecule has 1 aliphatic carbocycles. The number of allylic oxidation sites excluding steroid dienone is 2. The largest absolute Gasteiger partial charge is 0.388 e. The van der Waals surface area contributed by atoms with Crippen LogP contribution in [0.1, 0.15) is 37.0 Å². The molecular weight excluding hydrogens is 410 g/mol. The maximum atomic E-state index is 12.3. The molecule has 6 N–H and O–H groups in total. The number of carbonyl (C=O) groups excluding carboxylic acids is 2. The minimum Gasteiger partial charge on any atom is -0.388 e. The summed E-state index contributed by atoms with van der Waals surface area (Å²) in [6, 6.07) is 0. The molecule has 0 aromatic carbocycles. The number of fused-ring (bicyclic) bond motifs is 1. The first-order valence-electron chi connectivity index (χ1n) is 10.7. The van der Waals surface area contributed by atoms with Gasteiger partial charge in [0.05, 0.1) is 12.3 Å². The van der Waals surface area contributed by atoms with Crippen LogP contribution in [0.4, 0.5) is 11.6 Å². The summed E-state index contributed by atoms with van der Waals surface area (Å²) in [5.41, 5.74) is 14.6. The summed E-state index contributed by atoms with van der Waals surface area (Å²) in [6.45, 7) is 5.11. The molecule has 170 valence electrons. The van der Waals surface area contributed by atoms with Crippen molar-refractivity contribution in [2.24, 2.45) is 17.6 Å². The van der Waals surface area contributed by atoms with E-state index in [1.54, 1.807) is 23.9 Å². The number of nitrogens with one attached hydrogen (secondary N) is 1. The number of nitrogens with zero attached hydrogens (tertiary/aromatic N) is 4. The molecule has 10 heteroatoms. The molecule has 0 saturated carbocycles. The quantitative estimate of drug-likeness (QED) is 0.551.